The zero-order valence-corrected chi connectivity index (χ0v) is 14.5. The monoisotopic (exact) mass is 338 g/mol. The number of anilines is 2. The molecular formula is C20H22N2O3. The summed E-state index contributed by atoms with van der Waals surface area (Å²) >= 11 is 0. The lowest BCUT2D eigenvalue weighted by molar-refractivity contribution is -0.121. The molecule has 25 heavy (non-hydrogen) atoms. The van der Waals surface area contributed by atoms with Crippen molar-refractivity contribution in [1.82, 2.24) is 0 Å². The number of hydrogen-bond acceptors (Lipinski definition) is 4. The van der Waals surface area contributed by atoms with Gasteiger partial charge < -0.3 is 10.1 Å². The Morgan fingerprint density at radius 2 is 1.80 bits per heavy atom. The van der Waals surface area contributed by atoms with Crippen LogP contribution in [-0.4, -0.2) is 24.5 Å². The molecule has 2 aromatic carbocycles. The molecule has 0 aromatic heterocycles. The van der Waals surface area contributed by atoms with Crippen molar-refractivity contribution in [2.45, 2.75) is 32.7 Å². The molecule has 1 fully saturated rings. The molecule has 0 spiro atoms. The van der Waals surface area contributed by atoms with Gasteiger partial charge >= 0.3 is 0 Å². The van der Waals surface area contributed by atoms with Gasteiger partial charge in [0.2, 0.25) is 5.91 Å². The van der Waals surface area contributed by atoms with E-state index in [1.807, 2.05) is 62.4 Å². The van der Waals surface area contributed by atoms with E-state index in [9.17, 15) is 9.59 Å². The second-order valence-corrected chi connectivity index (χ2v) is 5.88. The molecule has 2 aromatic rings. The molecule has 130 valence electrons. The average molecular weight is 338 g/mol. The van der Waals surface area contributed by atoms with E-state index >= 15 is 0 Å². The number of carbonyl (C=O) groups excluding carboxylic acids is 2. The first-order valence-electron chi connectivity index (χ1n) is 8.58. The van der Waals surface area contributed by atoms with Crippen molar-refractivity contribution in [3.8, 4) is 5.75 Å². The predicted octanol–water partition coefficient (Wildman–Crippen LogP) is 3.39. The van der Waals surface area contributed by atoms with Crippen molar-refractivity contribution in [3.63, 3.8) is 0 Å². The van der Waals surface area contributed by atoms with Gasteiger partial charge in [-0.2, -0.15) is 0 Å². The summed E-state index contributed by atoms with van der Waals surface area (Å²) in [5.74, 6) is 0.271. The lowest BCUT2D eigenvalue weighted by atomic mass is 10.1. The van der Waals surface area contributed by atoms with Gasteiger partial charge in [0.15, 0.2) is 0 Å². The van der Waals surface area contributed by atoms with Crippen LogP contribution in [-0.2, 0) is 16.0 Å². The summed E-state index contributed by atoms with van der Waals surface area (Å²) in [6, 6.07) is 14.4. The minimum atomic E-state index is -0.584. The zero-order valence-electron chi connectivity index (χ0n) is 14.5. The first kappa shape index (κ1) is 17.0. The molecule has 0 unspecified atom stereocenters. The van der Waals surface area contributed by atoms with Crippen molar-refractivity contribution in [2.75, 3.05) is 16.8 Å². The van der Waals surface area contributed by atoms with Gasteiger partial charge in [-0.3, -0.25) is 9.59 Å². The van der Waals surface area contributed by atoms with Crippen LogP contribution in [0.15, 0.2) is 48.5 Å². The van der Waals surface area contributed by atoms with Crippen LogP contribution in [0.1, 0.15) is 25.8 Å². The summed E-state index contributed by atoms with van der Waals surface area (Å²) in [5, 5.41) is 3.17. The minimum Gasteiger partial charge on any atom is -0.492 e. The number of benzene rings is 2. The van der Waals surface area contributed by atoms with E-state index in [1.54, 1.807) is 0 Å². The third-order valence-electron chi connectivity index (χ3n) is 4.28. The Morgan fingerprint density at radius 3 is 2.56 bits per heavy atom. The van der Waals surface area contributed by atoms with Crippen LogP contribution in [0.2, 0.25) is 0 Å². The lowest BCUT2D eigenvalue weighted by Gasteiger charge is -2.19. The molecule has 0 bridgehead atoms. The van der Waals surface area contributed by atoms with Gasteiger partial charge in [0.1, 0.15) is 11.8 Å². The maximum atomic E-state index is 12.9. The highest BCUT2D eigenvalue weighted by Crippen LogP contribution is 2.30. The molecule has 1 aliphatic rings. The fourth-order valence-corrected chi connectivity index (χ4v) is 3.08. The standard InChI is InChI=1S/C20H22N2O3/c1-3-14-9-5-7-11-17(14)22-19(23)13-16(20(22)24)21-15-10-6-8-12-18(15)25-4-2/h5-12,16,21H,3-4,13H2,1-2H3/t16-/m0/s1. The predicted molar refractivity (Wildman–Crippen MR) is 98.0 cm³/mol. The molecule has 5 nitrogen and oxygen atoms in total. The molecule has 1 N–H and O–H groups in total. The normalized spacial score (nSPS) is 17.0. The molecule has 0 saturated carbocycles. The Bertz CT molecular complexity index is 788. The smallest absolute Gasteiger partial charge is 0.256 e. The number of nitrogens with zero attached hydrogens (tertiary/aromatic N) is 1. The van der Waals surface area contributed by atoms with Crippen LogP contribution < -0.4 is 15.0 Å². The number of ether oxygens (including phenoxy) is 1. The summed E-state index contributed by atoms with van der Waals surface area (Å²) in [4.78, 5) is 26.7. The summed E-state index contributed by atoms with van der Waals surface area (Å²) in [6.45, 7) is 4.45. The summed E-state index contributed by atoms with van der Waals surface area (Å²) in [5.41, 5.74) is 2.39. The SMILES string of the molecule is CCOc1ccccc1N[C@H]1CC(=O)N(c2ccccc2CC)C1=O. The Hall–Kier alpha value is -2.82. The molecule has 5 heteroatoms. The fraction of sp³-hybridized carbons (Fsp3) is 0.300. The largest absolute Gasteiger partial charge is 0.492 e. The maximum Gasteiger partial charge on any atom is 0.256 e. The second-order valence-electron chi connectivity index (χ2n) is 5.88. The van der Waals surface area contributed by atoms with E-state index in [1.165, 1.54) is 4.90 Å². The first-order valence-corrected chi connectivity index (χ1v) is 8.58. The van der Waals surface area contributed by atoms with Crippen molar-refractivity contribution >= 4 is 23.2 Å². The van der Waals surface area contributed by atoms with Crippen LogP contribution >= 0.6 is 0 Å². The quantitative estimate of drug-likeness (QED) is 0.820. The average Bonchev–Trinajstić information content (AvgIpc) is 2.90. The van der Waals surface area contributed by atoms with E-state index < -0.39 is 6.04 Å². The number of aryl methyl sites for hydroxylation is 1. The summed E-state index contributed by atoms with van der Waals surface area (Å²) in [7, 11) is 0. The van der Waals surface area contributed by atoms with Gasteiger partial charge in [-0.25, -0.2) is 4.90 Å². The van der Waals surface area contributed by atoms with E-state index in [0.29, 0.717) is 18.0 Å². The highest BCUT2D eigenvalue weighted by atomic mass is 16.5. The van der Waals surface area contributed by atoms with Gasteiger partial charge in [0, 0.05) is 0 Å². The number of carbonyl (C=O) groups is 2. The Balaban J connectivity index is 1.85. The third-order valence-corrected chi connectivity index (χ3v) is 4.28. The van der Waals surface area contributed by atoms with Gasteiger partial charge in [-0.05, 0) is 37.1 Å². The highest BCUT2D eigenvalue weighted by molar-refractivity contribution is 6.23. The molecule has 0 aliphatic carbocycles. The van der Waals surface area contributed by atoms with E-state index in [-0.39, 0.29) is 18.2 Å². The summed E-state index contributed by atoms with van der Waals surface area (Å²) in [6.07, 6.45) is 0.899. The number of hydrogen-bond donors (Lipinski definition) is 1. The van der Waals surface area contributed by atoms with Crippen LogP contribution in [0.3, 0.4) is 0 Å². The van der Waals surface area contributed by atoms with Crippen LogP contribution in [0.25, 0.3) is 0 Å². The van der Waals surface area contributed by atoms with Crippen molar-refractivity contribution in [2.24, 2.45) is 0 Å². The number of nitrogens with one attached hydrogen (secondary N) is 1. The van der Waals surface area contributed by atoms with Crippen LogP contribution in [0.5, 0.6) is 5.75 Å². The van der Waals surface area contributed by atoms with Gasteiger partial charge in [-0.15, -0.1) is 0 Å². The van der Waals surface area contributed by atoms with E-state index in [2.05, 4.69) is 5.32 Å². The fourth-order valence-electron chi connectivity index (χ4n) is 3.08. The molecule has 2 amide bonds. The zero-order chi connectivity index (χ0) is 17.8. The molecule has 0 radical (unpaired) electrons. The molecule has 1 saturated heterocycles. The molecule has 1 atom stereocenters. The number of amides is 2. The van der Waals surface area contributed by atoms with Gasteiger partial charge in [-0.1, -0.05) is 37.3 Å². The number of para-hydroxylation sites is 3. The van der Waals surface area contributed by atoms with Gasteiger partial charge in [0.05, 0.1) is 24.4 Å². The Morgan fingerprint density at radius 1 is 1.08 bits per heavy atom. The molecule has 1 aliphatic heterocycles. The Labute approximate surface area is 147 Å². The lowest BCUT2D eigenvalue weighted by Crippen LogP contribution is -2.35. The summed E-state index contributed by atoms with van der Waals surface area (Å²) < 4.78 is 5.59. The number of rotatable bonds is 6. The van der Waals surface area contributed by atoms with Crippen LogP contribution in [0.4, 0.5) is 11.4 Å². The van der Waals surface area contributed by atoms with E-state index in [0.717, 1.165) is 17.7 Å². The minimum absolute atomic E-state index is 0.136. The van der Waals surface area contributed by atoms with Crippen molar-refractivity contribution in [1.29, 1.82) is 0 Å². The van der Waals surface area contributed by atoms with E-state index in [4.69, 9.17) is 4.74 Å². The molecular weight excluding hydrogens is 316 g/mol. The molecule has 1 heterocycles. The molecule has 3 rings (SSSR count). The maximum absolute atomic E-state index is 12.9. The third kappa shape index (κ3) is 3.36. The first-order chi connectivity index (χ1) is 12.2. The van der Waals surface area contributed by atoms with Crippen molar-refractivity contribution in [3.05, 3.63) is 54.1 Å². The van der Waals surface area contributed by atoms with Gasteiger partial charge in [0.25, 0.3) is 5.91 Å². The van der Waals surface area contributed by atoms with Crippen LogP contribution in [0, 0.1) is 0 Å². The Kier molecular flexibility index (Phi) is 5.03. The van der Waals surface area contributed by atoms with Crippen molar-refractivity contribution < 1.29 is 14.3 Å². The second kappa shape index (κ2) is 7.38. The number of imide groups is 1. The highest BCUT2D eigenvalue weighted by Gasteiger charge is 2.40. The topological polar surface area (TPSA) is 58.6 Å².